The van der Waals surface area contributed by atoms with Crippen LogP contribution >= 0.6 is 0 Å². The molecule has 24 heavy (non-hydrogen) atoms. The lowest BCUT2D eigenvalue weighted by molar-refractivity contribution is -0.119. The molecule has 3 rings (SSSR count). The van der Waals surface area contributed by atoms with Gasteiger partial charge in [-0.15, -0.1) is 0 Å². The van der Waals surface area contributed by atoms with Gasteiger partial charge < -0.3 is 15.1 Å². The Kier molecular flexibility index (Phi) is 4.69. The second kappa shape index (κ2) is 7.08. The maximum Gasteiger partial charge on any atom is 0.272 e. The third-order valence-corrected chi connectivity index (χ3v) is 3.96. The van der Waals surface area contributed by atoms with Crippen molar-refractivity contribution in [1.29, 1.82) is 0 Å². The highest BCUT2D eigenvalue weighted by molar-refractivity contribution is 5.93. The minimum atomic E-state index is -0.144. The van der Waals surface area contributed by atoms with Gasteiger partial charge in [-0.2, -0.15) is 0 Å². The Labute approximate surface area is 140 Å². The Hall–Kier alpha value is -2.96. The zero-order valence-corrected chi connectivity index (χ0v) is 13.5. The first-order chi connectivity index (χ1) is 11.7. The van der Waals surface area contributed by atoms with Crippen molar-refractivity contribution in [2.45, 2.75) is 6.92 Å². The average Bonchev–Trinajstić information content (AvgIpc) is 2.63. The highest BCUT2D eigenvalue weighted by atomic mass is 16.2. The molecular weight excluding hydrogens is 306 g/mol. The van der Waals surface area contributed by atoms with E-state index in [1.807, 2.05) is 31.2 Å². The Morgan fingerprint density at radius 3 is 2.50 bits per heavy atom. The van der Waals surface area contributed by atoms with Crippen molar-refractivity contribution in [3.8, 4) is 0 Å². The van der Waals surface area contributed by atoms with Crippen LogP contribution in [0.1, 0.15) is 16.1 Å². The van der Waals surface area contributed by atoms with Crippen LogP contribution in [0.4, 0.5) is 11.5 Å². The SMILES string of the molecule is Cc1ccc(Nc2cc(C(=O)N3CCN(C=O)CC3)ncn2)cc1. The summed E-state index contributed by atoms with van der Waals surface area (Å²) in [4.78, 5) is 34.9. The van der Waals surface area contributed by atoms with Gasteiger partial charge in [-0.1, -0.05) is 17.7 Å². The van der Waals surface area contributed by atoms with Crippen LogP contribution in [0, 0.1) is 6.92 Å². The number of benzene rings is 1. The summed E-state index contributed by atoms with van der Waals surface area (Å²) in [5.74, 6) is 0.429. The molecule has 0 saturated carbocycles. The van der Waals surface area contributed by atoms with Crippen molar-refractivity contribution in [2.24, 2.45) is 0 Å². The standard InChI is InChI=1S/C17H19N5O2/c1-13-2-4-14(5-3-13)20-16-10-15(18-11-19-16)17(24)22-8-6-21(12-23)7-9-22/h2-5,10-12H,6-9H2,1H3,(H,18,19,20). The lowest BCUT2D eigenvalue weighted by Crippen LogP contribution is -2.48. The molecule has 1 aromatic carbocycles. The first-order valence-electron chi connectivity index (χ1n) is 7.80. The number of carbonyl (C=O) groups excluding carboxylic acids is 2. The summed E-state index contributed by atoms with van der Waals surface area (Å²) < 4.78 is 0. The van der Waals surface area contributed by atoms with Crippen molar-refractivity contribution in [1.82, 2.24) is 19.8 Å². The first kappa shape index (κ1) is 15.9. The Bertz CT molecular complexity index is 724. The van der Waals surface area contributed by atoms with Crippen molar-refractivity contribution >= 4 is 23.8 Å². The number of piperazine rings is 1. The number of nitrogens with one attached hydrogen (secondary N) is 1. The minimum absolute atomic E-state index is 0.144. The van der Waals surface area contributed by atoms with Crippen LogP contribution in [0.2, 0.25) is 0 Å². The molecule has 0 bridgehead atoms. The van der Waals surface area contributed by atoms with Gasteiger partial charge >= 0.3 is 0 Å². The number of anilines is 2. The Morgan fingerprint density at radius 1 is 1.12 bits per heavy atom. The molecule has 1 aliphatic rings. The molecule has 7 nitrogen and oxygen atoms in total. The summed E-state index contributed by atoms with van der Waals surface area (Å²) in [6.07, 6.45) is 2.20. The molecule has 1 fully saturated rings. The molecule has 0 spiro atoms. The fourth-order valence-electron chi connectivity index (χ4n) is 2.52. The summed E-state index contributed by atoms with van der Waals surface area (Å²) in [6.45, 7) is 4.16. The normalized spacial score (nSPS) is 14.4. The minimum Gasteiger partial charge on any atom is -0.342 e. The fourth-order valence-corrected chi connectivity index (χ4v) is 2.52. The highest BCUT2D eigenvalue weighted by Gasteiger charge is 2.22. The Morgan fingerprint density at radius 2 is 1.83 bits per heavy atom. The van der Waals surface area contributed by atoms with Gasteiger partial charge in [-0.25, -0.2) is 9.97 Å². The fraction of sp³-hybridized carbons (Fsp3) is 0.294. The smallest absolute Gasteiger partial charge is 0.272 e. The number of nitrogens with zero attached hydrogens (tertiary/aromatic N) is 4. The van der Waals surface area contributed by atoms with E-state index in [2.05, 4.69) is 15.3 Å². The first-order valence-corrected chi connectivity index (χ1v) is 7.80. The van der Waals surface area contributed by atoms with Crippen molar-refractivity contribution in [3.05, 3.63) is 47.9 Å². The Balaban J connectivity index is 1.69. The molecule has 0 aliphatic carbocycles. The summed E-state index contributed by atoms with van der Waals surface area (Å²) >= 11 is 0. The number of rotatable bonds is 4. The van der Waals surface area contributed by atoms with E-state index in [0.29, 0.717) is 37.7 Å². The number of amides is 2. The molecule has 0 atom stereocenters. The van der Waals surface area contributed by atoms with Crippen LogP contribution in [0.3, 0.4) is 0 Å². The van der Waals surface area contributed by atoms with E-state index in [1.165, 1.54) is 11.9 Å². The van der Waals surface area contributed by atoms with Crippen molar-refractivity contribution in [2.75, 3.05) is 31.5 Å². The van der Waals surface area contributed by atoms with Gasteiger partial charge in [0.1, 0.15) is 17.8 Å². The summed E-state index contributed by atoms with van der Waals surface area (Å²) in [6, 6.07) is 9.56. The van der Waals surface area contributed by atoms with Gasteiger partial charge in [0.25, 0.3) is 5.91 Å². The van der Waals surface area contributed by atoms with E-state index in [9.17, 15) is 9.59 Å². The lowest BCUT2D eigenvalue weighted by Gasteiger charge is -2.32. The van der Waals surface area contributed by atoms with Gasteiger partial charge in [0, 0.05) is 37.9 Å². The van der Waals surface area contributed by atoms with E-state index in [1.54, 1.807) is 15.9 Å². The predicted octanol–water partition coefficient (Wildman–Crippen LogP) is 1.44. The summed E-state index contributed by atoms with van der Waals surface area (Å²) in [5, 5.41) is 3.17. The van der Waals surface area contributed by atoms with Crippen molar-refractivity contribution in [3.63, 3.8) is 0 Å². The molecule has 1 N–H and O–H groups in total. The van der Waals surface area contributed by atoms with Crippen molar-refractivity contribution < 1.29 is 9.59 Å². The molecule has 1 aliphatic heterocycles. The molecule has 1 aromatic heterocycles. The van der Waals surface area contributed by atoms with Gasteiger partial charge in [0.15, 0.2) is 0 Å². The number of hydrogen-bond acceptors (Lipinski definition) is 5. The second-order valence-corrected chi connectivity index (χ2v) is 5.71. The van der Waals surface area contributed by atoms with Crippen LogP contribution in [0.5, 0.6) is 0 Å². The molecule has 2 heterocycles. The quantitative estimate of drug-likeness (QED) is 0.861. The highest BCUT2D eigenvalue weighted by Crippen LogP contribution is 2.16. The maximum atomic E-state index is 12.5. The number of hydrogen-bond donors (Lipinski definition) is 1. The van der Waals surface area contributed by atoms with E-state index >= 15 is 0 Å². The molecule has 124 valence electrons. The number of aryl methyl sites for hydroxylation is 1. The zero-order chi connectivity index (χ0) is 16.9. The van der Waals surface area contributed by atoms with Crippen LogP contribution < -0.4 is 5.32 Å². The summed E-state index contributed by atoms with van der Waals surface area (Å²) in [7, 11) is 0. The third kappa shape index (κ3) is 3.68. The van der Waals surface area contributed by atoms with Crippen LogP contribution in [-0.2, 0) is 4.79 Å². The van der Waals surface area contributed by atoms with E-state index in [4.69, 9.17) is 0 Å². The maximum absolute atomic E-state index is 12.5. The second-order valence-electron chi connectivity index (χ2n) is 5.71. The van der Waals surface area contributed by atoms with Crippen LogP contribution in [0.25, 0.3) is 0 Å². The third-order valence-electron chi connectivity index (χ3n) is 3.96. The predicted molar refractivity (Wildman–Crippen MR) is 90.0 cm³/mol. The summed E-state index contributed by atoms with van der Waals surface area (Å²) in [5.41, 5.74) is 2.42. The molecule has 2 aromatic rings. The molecule has 1 saturated heterocycles. The lowest BCUT2D eigenvalue weighted by atomic mass is 10.2. The largest absolute Gasteiger partial charge is 0.342 e. The molecular formula is C17H19N5O2. The van der Waals surface area contributed by atoms with E-state index < -0.39 is 0 Å². The average molecular weight is 325 g/mol. The van der Waals surface area contributed by atoms with Gasteiger partial charge in [0.2, 0.25) is 6.41 Å². The van der Waals surface area contributed by atoms with Crippen LogP contribution in [-0.4, -0.2) is 58.3 Å². The number of aromatic nitrogens is 2. The molecule has 7 heteroatoms. The van der Waals surface area contributed by atoms with E-state index in [0.717, 1.165) is 12.1 Å². The van der Waals surface area contributed by atoms with Gasteiger partial charge in [-0.3, -0.25) is 9.59 Å². The molecule has 0 radical (unpaired) electrons. The van der Waals surface area contributed by atoms with Crippen LogP contribution in [0.15, 0.2) is 36.7 Å². The van der Waals surface area contributed by atoms with E-state index in [-0.39, 0.29) is 5.91 Å². The monoisotopic (exact) mass is 325 g/mol. The van der Waals surface area contributed by atoms with Gasteiger partial charge in [0.05, 0.1) is 0 Å². The zero-order valence-electron chi connectivity index (χ0n) is 13.5. The molecule has 0 unspecified atom stereocenters. The molecule has 2 amide bonds. The topological polar surface area (TPSA) is 78.4 Å². The van der Waals surface area contributed by atoms with Gasteiger partial charge in [-0.05, 0) is 19.1 Å². The number of carbonyl (C=O) groups is 2.